The van der Waals surface area contributed by atoms with Crippen molar-refractivity contribution >= 4 is 18.0 Å². The molecule has 9 nitrogen and oxygen atoms in total. The molecule has 0 fully saturated rings. The lowest BCUT2D eigenvalue weighted by Gasteiger charge is -2.14. The minimum atomic E-state index is -1.28. The van der Waals surface area contributed by atoms with Crippen LogP contribution in [0.5, 0.6) is 0 Å². The molecule has 0 bridgehead atoms. The average molecular weight is 292 g/mol. The molecule has 0 spiro atoms. The van der Waals surface area contributed by atoms with E-state index in [1.54, 1.807) is 0 Å². The van der Waals surface area contributed by atoms with Crippen LogP contribution in [0.1, 0.15) is 12.8 Å². The van der Waals surface area contributed by atoms with Crippen molar-refractivity contribution in [2.45, 2.75) is 18.9 Å². The maximum Gasteiger partial charge on any atom is 0.326 e. The fourth-order valence-electron chi connectivity index (χ4n) is 1.22. The molecule has 1 unspecified atom stereocenters. The Balaban J connectivity index is 3.84. The standard InChI is InChI=1S/C11H20N2O7/c1-19-6-7-20-5-4-12-11(18)13-8(10(16)17)2-3-9(14)15/h8H,2-7H2,1H3,(H,14,15)(H,16,17)(H2,12,13,18). The molecule has 0 rings (SSSR count). The molecule has 0 aromatic carbocycles. The quantitative estimate of drug-likeness (QED) is 0.369. The molecule has 0 aromatic rings. The lowest BCUT2D eigenvalue weighted by molar-refractivity contribution is -0.140. The highest BCUT2D eigenvalue weighted by Crippen LogP contribution is 1.97. The summed E-state index contributed by atoms with van der Waals surface area (Å²) in [4.78, 5) is 32.6. The first kappa shape index (κ1) is 18.1. The predicted octanol–water partition coefficient (Wildman–Crippen LogP) is -0.733. The van der Waals surface area contributed by atoms with Gasteiger partial charge in [0.2, 0.25) is 0 Å². The van der Waals surface area contributed by atoms with Gasteiger partial charge in [0.05, 0.1) is 19.8 Å². The molecular formula is C11H20N2O7. The summed E-state index contributed by atoms with van der Waals surface area (Å²) < 4.78 is 9.85. The van der Waals surface area contributed by atoms with Crippen molar-refractivity contribution in [1.29, 1.82) is 0 Å². The highest BCUT2D eigenvalue weighted by molar-refractivity contribution is 5.82. The van der Waals surface area contributed by atoms with Gasteiger partial charge >= 0.3 is 18.0 Å². The maximum atomic E-state index is 11.4. The molecule has 2 amide bonds. The lowest BCUT2D eigenvalue weighted by atomic mass is 10.1. The van der Waals surface area contributed by atoms with Gasteiger partial charge < -0.3 is 30.3 Å². The Bertz CT molecular complexity index is 322. The normalized spacial score (nSPS) is 11.7. The molecule has 4 N–H and O–H groups in total. The summed E-state index contributed by atoms with van der Waals surface area (Å²) in [5, 5.41) is 21.9. The molecule has 9 heteroatoms. The molecule has 1 atom stereocenters. The van der Waals surface area contributed by atoms with Crippen LogP contribution >= 0.6 is 0 Å². The van der Waals surface area contributed by atoms with Crippen molar-refractivity contribution in [3.8, 4) is 0 Å². The number of amides is 2. The van der Waals surface area contributed by atoms with Gasteiger partial charge in [-0.2, -0.15) is 0 Å². The molecule has 20 heavy (non-hydrogen) atoms. The first-order valence-electron chi connectivity index (χ1n) is 6.03. The van der Waals surface area contributed by atoms with E-state index in [1.807, 2.05) is 0 Å². The van der Waals surface area contributed by atoms with E-state index >= 15 is 0 Å². The van der Waals surface area contributed by atoms with Crippen LogP contribution in [-0.2, 0) is 19.1 Å². The molecular weight excluding hydrogens is 272 g/mol. The van der Waals surface area contributed by atoms with Crippen molar-refractivity contribution in [1.82, 2.24) is 10.6 Å². The number of carbonyl (C=O) groups is 3. The number of urea groups is 1. The first-order chi connectivity index (χ1) is 9.47. The van der Waals surface area contributed by atoms with E-state index in [2.05, 4.69) is 10.6 Å². The van der Waals surface area contributed by atoms with Gasteiger partial charge in [0.25, 0.3) is 0 Å². The van der Waals surface area contributed by atoms with E-state index in [1.165, 1.54) is 7.11 Å². The Morgan fingerprint density at radius 2 is 1.85 bits per heavy atom. The number of carboxylic acid groups (broad SMARTS) is 2. The topological polar surface area (TPSA) is 134 Å². The summed E-state index contributed by atoms with van der Waals surface area (Å²) in [5.74, 6) is -2.40. The lowest BCUT2D eigenvalue weighted by Crippen LogP contribution is -2.46. The SMILES string of the molecule is COCCOCCNC(=O)NC(CCC(=O)O)C(=O)O. The third-order valence-corrected chi connectivity index (χ3v) is 2.21. The summed E-state index contributed by atoms with van der Waals surface area (Å²) in [6.45, 7) is 1.32. The van der Waals surface area contributed by atoms with Crippen LogP contribution in [-0.4, -0.2) is 67.7 Å². The Hall–Kier alpha value is -1.87. The zero-order valence-electron chi connectivity index (χ0n) is 11.3. The highest BCUT2D eigenvalue weighted by Gasteiger charge is 2.20. The van der Waals surface area contributed by atoms with E-state index in [0.29, 0.717) is 13.2 Å². The van der Waals surface area contributed by atoms with Gasteiger partial charge in [-0.3, -0.25) is 4.79 Å². The molecule has 0 aliphatic carbocycles. The first-order valence-corrected chi connectivity index (χ1v) is 6.03. The van der Waals surface area contributed by atoms with Gasteiger partial charge in [-0.1, -0.05) is 0 Å². The summed E-state index contributed by atoms with van der Waals surface area (Å²) in [6.07, 6.45) is -0.514. The van der Waals surface area contributed by atoms with Crippen molar-refractivity contribution in [3.05, 3.63) is 0 Å². The number of carbonyl (C=O) groups excluding carboxylic acids is 1. The van der Waals surface area contributed by atoms with E-state index in [4.69, 9.17) is 19.7 Å². The van der Waals surface area contributed by atoms with Gasteiger partial charge in [-0.05, 0) is 6.42 Å². The zero-order valence-corrected chi connectivity index (χ0v) is 11.3. The van der Waals surface area contributed by atoms with Crippen LogP contribution in [0.2, 0.25) is 0 Å². The van der Waals surface area contributed by atoms with Crippen LogP contribution < -0.4 is 10.6 Å². The third-order valence-electron chi connectivity index (χ3n) is 2.21. The van der Waals surface area contributed by atoms with Crippen molar-refractivity contribution in [2.24, 2.45) is 0 Å². The van der Waals surface area contributed by atoms with Crippen molar-refractivity contribution in [3.63, 3.8) is 0 Å². The van der Waals surface area contributed by atoms with Gasteiger partial charge in [0, 0.05) is 20.1 Å². The molecule has 0 saturated carbocycles. The second-order valence-corrected chi connectivity index (χ2v) is 3.83. The highest BCUT2D eigenvalue weighted by atomic mass is 16.5. The van der Waals surface area contributed by atoms with E-state index in [-0.39, 0.29) is 26.0 Å². The molecule has 116 valence electrons. The summed E-state index contributed by atoms with van der Waals surface area (Å²) >= 11 is 0. The third kappa shape index (κ3) is 10.1. The minimum absolute atomic E-state index is 0.178. The van der Waals surface area contributed by atoms with Crippen LogP contribution in [0.4, 0.5) is 4.79 Å². The number of hydrogen-bond acceptors (Lipinski definition) is 5. The maximum absolute atomic E-state index is 11.4. The van der Waals surface area contributed by atoms with Gasteiger partial charge in [0.15, 0.2) is 0 Å². The van der Waals surface area contributed by atoms with Crippen molar-refractivity contribution < 1.29 is 34.1 Å². The van der Waals surface area contributed by atoms with Gasteiger partial charge in [0.1, 0.15) is 6.04 Å². The molecule has 0 aromatic heterocycles. The number of hydrogen-bond donors (Lipinski definition) is 4. The molecule has 0 aliphatic rings. The molecule has 0 heterocycles. The number of nitrogens with one attached hydrogen (secondary N) is 2. The van der Waals surface area contributed by atoms with Crippen LogP contribution in [0.3, 0.4) is 0 Å². The number of aliphatic carboxylic acids is 2. The van der Waals surface area contributed by atoms with Gasteiger partial charge in [-0.25, -0.2) is 9.59 Å². The smallest absolute Gasteiger partial charge is 0.326 e. The molecule has 0 aliphatic heterocycles. The van der Waals surface area contributed by atoms with Crippen molar-refractivity contribution in [2.75, 3.05) is 33.5 Å². The Kier molecular flexibility index (Phi) is 9.97. The van der Waals surface area contributed by atoms with Crippen LogP contribution in [0.15, 0.2) is 0 Å². The van der Waals surface area contributed by atoms with Crippen LogP contribution in [0.25, 0.3) is 0 Å². The minimum Gasteiger partial charge on any atom is -0.481 e. The van der Waals surface area contributed by atoms with Crippen LogP contribution in [0, 0.1) is 0 Å². The second kappa shape index (κ2) is 11.0. The van der Waals surface area contributed by atoms with E-state index < -0.39 is 24.0 Å². The average Bonchev–Trinajstić information content (AvgIpc) is 2.38. The van der Waals surface area contributed by atoms with Gasteiger partial charge in [-0.15, -0.1) is 0 Å². The summed E-state index contributed by atoms with van der Waals surface area (Å²) in [6, 6.07) is -1.92. The Morgan fingerprint density at radius 3 is 2.40 bits per heavy atom. The van der Waals surface area contributed by atoms with E-state index in [0.717, 1.165) is 0 Å². The monoisotopic (exact) mass is 292 g/mol. The summed E-state index contributed by atoms with van der Waals surface area (Å²) in [5.41, 5.74) is 0. The largest absolute Gasteiger partial charge is 0.481 e. The number of methoxy groups -OCH3 is 1. The fraction of sp³-hybridized carbons (Fsp3) is 0.727. The second-order valence-electron chi connectivity index (χ2n) is 3.83. The number of carboxylic acids is 2. The molecule has 0 saturated heterocycles. The Morgan fingerprint density at radius 1 is 1.15 bits per heavy atom. The Labute approximate surface area is 116 Å². The molecule has 0 radical (unpaired) electrons. The zero-order chi connectivity index (χ0) is 15.4. The predicted molar refractivity (Wildman–Crippen MR) is 67.5 cm³/mol. The van der Waals surface area contributed by atoms with E-state index in [9.17, 15) is 14.4 Å². The number of ether oxygens (including phenoxy) is 2. The summed E-state index contributed by atoms with van der Waals surface area (Å²) in [7, 11) is 1.54. The fourth-order valence-corrected chi connectivity index (χ4v) is 1.22. The number of rotatable bonds is 11.